The Morgan fingerprint density at radius 3 is 3.05 bits per heavy atom. The topological polar surface area (TPSA) is 85.6 Å². The van der Waals surface area contributed by atoms with Crippen molar-refractivity contribution in [3.8, 4) is 0 Å². The lowest BCUT2D eigenvalue weighted by Crippen LogP contribution is -2.43. The molecule has 20 heavy (non-hydrogen) atoms. The van der Waals surface area contributed by atoms with Gasteiger partial charge in [0.2, 0.25) is 0 Å². The predicted octanol–water partition coefficient (Wildman–Crippen LogP) is 0.321. The fraction of sp³-hybridized carbons (Fsp3) is 0.333. The van der Waals surface area contributed by atoms with E-state index in [0.29, 0.717) is 11.2 Å². The van der Waals surface area contributed by atoms with Crippen LogP contribution in [0.15, 0.2) is 24.7 Å². The molecule has 106 valence electrons. The summed E-state index contributed by atoms with van der Waals surface area (Å²) in [5, 5.41) is 6.57. The van der Waals surface area contributed by atoms with Crippen LogP contribution >= 0.6 is 12.6 Å². The third kappa shape index (κ3) is 2.90. The summed E-state index contributed by atoms with van der Waals surface area (Å²) in [6.07, 6.45) is 4.65. The van der Waals surface area contributed by atoms with Gasteiger partial charge in [0.05, 0.1) is 12.8 Å². The number of esters is 1. The lowest BCUT2D eigenvalue weighted by molar-refractivity contribution is -0.144. The lowest BCUT2D eigenvalue weighted by atomic mass is 10.2. The van der Waals surface area contributed by atoms with Crippen LogP contribution in [0.4, 0.5) is 0 Å². The minimum atomic E-state index is -0.801. The van der Waals surface area contributed by atoms with Gasteiger partial charge in [0, 0.05) is 18.1 Å². The van der Waals surface area contributed by atoms with Crippen molar-refractivity contribution in [3.63, 3.8) is 0 Å². The molecule has 7 nitrogen and oxygen atoms in total. The fourth-order valence-electron chi connectivity index (χ4n) is 1.65. The van der Waals surface area contributed by atoms with Crippen molar-refractivity contribution in [1.29, 1.82) is 0 Å². The van der Waals surface area contributed by atoms with Crippen molar-refractivity contribution < 1.29 is 14.3 Å². The monoisotopic (exact) mass is 294 g/mol. The molecule has 2 aromatic rings. The number of amides is 1. The van der Waals surface area contributed by atoms with Crippen molar-refractivity contribution in [1.82, 2.24) is 19.9 Å². The first-order valence-electron chi connectivity index (χ1n) is 6.04. The highest BCUT2D eigenvalue weighted by Gasteiger charge is 2.23. The van der Waals surface area contributed by atoms with Gasteiger partial charge in [-0.2, -0.15) is 17.7 Å². The van der Waals surface area contributed by atoms with Gasteiger partial charge < -0.3 is 10.1 Å². The van der Waals surface area contributed by atoms with E-state index in [2.05, 4.69) is 28.0 Å². The van der Waals surface area contributed by atoms with Crippen LogP contribution in [0.25, 0.3) is 5.65 Å². The third-order valence-corrected chi connectivity index (χ3v) is 2.95. The Morgan fingerprint density at radius 1 is 1.55 bits per heavy atom. The standard InChI is InChI=1S/C12H14N4O3S/c1-2-19-12(18)9(7-20)15-11(17)8-6-14-16-5-3-4-13-10(8)16/h3-6,9,20H,2,7H2,1H3,(H,15,17)/t9-/m0/s1. The van der Waals surface area contributed by atoms with Gasteiger partial charge in [0.25, 0.3) is 5.91 Å². The van der Waals surface area contributed by atoms with E-state index >= 15 is 0 Å². The summed E-state index contributed by atoms with van der Waals surface area (Å²) in [6.45, 7) is 1.95. The molecular formula is C12H14N4O3S. The normalized spacial score (nSPS) is 12.1. The Hall–Kier alpha value is -2.09. The van der Waals surface area contributed by atoms with Crippen molar-refractivity contribution >= 4 is 30.2 Å². The Kier molecular flexibility index (Phi) is 4.57. The Morgan fingerprint density at radius 2 is 2.35 bits per heavy atom. The molecule has 0 aliphatic rings. The molecule has 0 radical (unpaired) electrons. The maximum Gasteiger partial charge on any atom is 0.329 e. The van der Waals surface area contributed by atoms with Gasteiger partial charge >= 0.3 is 5.97 Å². The van der Waals surface area contributed by atoms with Gasteiger partial charge in [0.15, 0.2) is 5.65 Å². The van der Waals surface area contributed by atoms with E-state index in [1.54, 1.807) is 25.4 Å². The predicted molar refractivity (Wildman–Crippen MR) is 74.7 cm³/mol. The number of fused-ring (bicyclic) bond motifs is 1. The molecule has 1 amide bonds. The second-order valence-corrected chi connectivity index (χ2v) is 4.27. The van der Waals surface area contributed by atoms with E-state index in [1.807, 2.05) is 0 Å². The highest BCUT2D eigenvalue weighted by atomic mass is 32.1. The quantitative estimate of drug-likeness (QED) is 0.613. The number of ether oxygens (including phenoxy) is 1. The van der Waals surface area contributed by atoms with E-state index in [0.717, 1.165) is 0 Å². The number of thiol groups is 1. The zero-order valence-corrected chi connectivity index (χ0v) is 11.7. The van der Waals surface area contributed by atoms with Crippen LogP contribution in [-0.4, -0.2) is 44.9 Å². The van der Waals surface area contributed by atoms with E-state index in [4.69, 9.17) is 4.74 Å². The zero-order valence-electron chi connectivity index (χ0n) is 10.8. The second-order valence-electron chi connectivity index (χ2n) is 3.91. The van der Waals surface area contributed by atoms with Crippen molar-refractivity contribution in [2.24, 2.45) is 0 Å². The number of nitrogens with zero attached hydrogens (tertiary/aromatic N) is 3. The maximum absolute atomic E-state index is 12.2. The summed E-state index contributed by atoms with van der Waals surface area (Å²) in [6, 6.07) is 0.904. The molecule has 0 saturated carbocycles. The van der Waals surface area contributed by atoms with Gasteiger partial charge in [-0.25, -0.2) is 14.3 Å². The van der Waals surface area contributed by atoms with E-state index < -0.39 is 17.9 Å². The van der Waals surface area contributed by atoms with Gasteiger partial charge in [-0.15, -0.1) is 0 Å². The smallest absolute Gasteiger partial charge is 0.329 e. The summed E-state index contributed by atoms with van der Waals surface area (Å²) in [5.41, 5.74) is 0.716. The Bertz CT molecular complexity index is 628. The number of aromatic nitrogens is 3. The highest BCUT2D eigenvalue weighted by Crippen LogP contribution is 2.07. The van der Waals surface area contributed by atoms with E-state index in [1.165, 1.54) is 10.7 Å². The Balaban J connectivity index is 2.17. The molecule has 0 aromatic carbocycles. The number of carbonyl (C=O) groups excluding carboxylic acids is 2. The van der Waals surface area contributed by atoms with Gasteiger partial charge in [-0.3, -0.25) is 4.79 Å². The van der Waals surface area contributed by atoms with Gasteiger partial charge in [-0.05, 0) is 13.0 Å². The molecule has 8 heteroatoms. The fourth-order valence-corrected chi connectivity index (χ4v) is 1.89. The lowest BCUT2D eigenvalue weighted by Gasteiger charge is -2.14. The first-order valence-corrected chi connectivity index (χ1v) is 6.67. The molecule has 2 aromatic heterocycles. The summed E-state index contributed by atoms with van der Waals surface area (Å²) in [7, 11) is 0. The van der Waals surface area contributed by atoms with Crippen LogP contribution in [0, 0.1) is 0 Å². The SMILES string of the molecule is CCOC(=O)[C@H](CS)NC(=O)c1cnn2cccnc12. The number of carbonyl (C=O) groups is 2. The molecule has 0 aliphatic heterocycles. The molecule has 1 atom stereocenters. The van der Waals surface area contributed by atoms with Crippen LogP contribution in [-0.2, 0) is 9.53 Å². The summed E-state index contributed by atoms with van der Waals surface area (Å²) >= 11 is 4.04. The number of nitrogens with one attached hydrogen (secondary N) is 1. The highest BCUT2D eigenvalue weighted by molar-refractivity contribution is 7.80. The van der Waals surface area contributed by atoms with Gasteiger partial charge in [0.1, 0.15) is 11.6 Å². The average Bonchev–Trinajstić information content (AvgIpc) is 2.88. The van der Waals surface area contributed by atoms with Crippen LogP contribution in [0.5, 0.6) is 0 Å². The summed E-state index contributed by atoms with van der Waals surface area (Å²) in [4.78, 5) is 27.9. The zero-order chi connectivity index (χ0) is 14.5. The Labute approximate surface area is 120 Å². The van der Waals surface area contributed by atoms with Crippen molar-refractivity contribution in [2.75, 3.05) is 12.4 Å². The van der Waals surface area contributed by atoms with Crippen LogP contribution in [0.1, 0.15) is 17.3 Å². The van der Waals surface area contributed by atoms with Crippen molar-refractivity contribution in [3.05, 3.63) is 30.2 Å². The molecule has 0 unspecified atom stereocenters. The van der Waals surface area contributed by atoms with Crippen LogP contribution in [0.2, 0.25) is 0 Å². The molecule has 0 spiro atoms. The van der Waals surface area contributed by atoms with Crippen LogP contribution < -0.4 is 5.32 Å². The minimum Gasteiger partial charge on any atom is -0.464 e. The maximum atomic E-state index is 12.2. The molecule has 0 aliphatic carbocycles. The number of hydrogen-bond acceptors (Lipinski definition) is 6. The molecule has 1 N–H and O–H groups in total. The molecule has 0 saturated heterocycles. The summed E-state index contributed by atoms with van der Waals surface area (Å²) < 4.78 is 6.34. The summed E-state index contributed by atoms with van der Waals surface area (Å²) in [5.74, 6) is -0.803. The number of rotatable bonds is 5. The van der Waals surface area contributed by atoms with E-state index in [9.17, 15) is 9.59 Å². The molecule has 2 heterocycles. The van der Waals surface area contributed by atoms with Crippen molar-refractivity contribution in [2.45, 2.75) is 13.0 Å². The number of hydrogen-bond donors (Lipinski definition) is 2. The second kappa shape index (κ2) is 6.38. The average molecular weight is 294 g/mol. The molecule has 2 rings (SSSR count). The molecule has 0 fully saturated rings. The van der Waals surface area contributed by atoms with E-state index in [-0.39, 0.29) is 12.4 Å². The largest absolute Gasteiger partial charge is 0.464 e. The van der Waals surface area contributed by atoms with Crippen LogP contribution in [0.3, 0.4) is 0 Å². The first-order chi connectivity index (χ1) is 9.67. The molecular weight excluding hydrogens is 280 g/mol. The molecule has 0 bridgehead atoms. The van der Waals surface area contributed by atoms with Gasteiger partial charge in [-0.1, -0.05) is 0 Å². The minimum absolute atomic E-state index is 0.150. The third-order valence-electron chi connectivity index (χ3n) is 2.58. The first kappa shape index (κ1) is 14.3.